The van der Waals surface area contributed by atoms with Gasteiger partial charge in [-0.1, -0.05) is 30.2 Å². The lowest BCUT2D eigenvalue weighted by Crippen LogP contribution is -2.54. The van der Waals surface area contributed by atoms with Crippen LogP contribution in [0.25, 0.3) is 0 Å². The van der Waals surface area contributed by atoms with Gasteiger partial charge in [0.1, 0.15) is 24.4 Å². The van der Waals surface area contributed by atoms with Crippen LogP contribution in [0.5, 0.6) is 5.75 Å². The van der Waals surface area contributed by atoms with E-state index in [4.69, 9.17) is 10.5 Å². The van der Waals surface area contributed by atoms with Gasteiger partial charge in [-0.3, -0.25) is 9.59 Å². The summed E-state index contributed by atoms with van der Waals surface area (Å²) in [5, 5.41) is 9.72. The minimum atomic E-state index is -4.37. The number of sulfonamides is 1. The van der Waals surface area contributed by atoms with Gasteiger partial charge in [-0.15, -0.1) is 5.92 Å². The molecule has 3 N–H and O–H groups in total. The number of benzene rings is 2. The van der Waals surface area contributed by atoms with Gasteiger partial charge in [0.2, 0.25) is 15.9 Å². The van der Waals surface area contributed by atoms with E-state index in [0.29, 0.717) is 21.2 Å². The van der Waals surface area contributed by atoms with Crippen LogP contribution in [0, 0.1) is 11.8 Å². The zero-order valence-corrected chi connectivity index (χ0v) is 16.9. The molecule has 3 rings (SSSR count). The van der Waals surface area contributed by atoms with E-state index in [2.05, 4.69) is 11.8 Å². The molecule has 0 radical (unpaired) electrons. The number of nitrogens with two attached hydrogens (primary N) is 1. The Bertz CT molecular complexity index is 1130. The monoisotopic (exact) mass is 428 g/mol. The highest BCUT2D eigenvalue weighted by atomic mass is 32.2. The van der Waals surface area contributed by atoms with Crippen molar-refractivity contribution in [3.63, 3.8) is 0 Å². The Morgan fingerprint density at radius 3 is 2.47 bits per heavy atom. The molecule has 0 saturated heterocycles. The number of hydrogen-bond donors (Lipinski definition) is 2. The fraction of sp³-hybridized carbons (Fsp3) is 0.238. The van der Waals surface area contributed by atoms with E-state index < -0.39 is 34.0 Å². The van der Waals surface area contributed by atoms with Crippen LogP contribution in [0.1, 0.15) is 24.1 Å². The van der Waals surface area contributed by atoms with Gasteiger partial charge in [0, 0.05) is 6.42 Å². The summed E-state index contributed by atoms with van der Waals surface area (Å²) in [4.78, 5) is 24.0. The molecular weight excluding hydrogens is 408 g/mol. The predicted octanol–water partition coefficient (Wildman–Crippen LogP) is 1.32. The Morgan fingerprint density at radius 1 is 1.20 bits per heavy atom. The highest BCUT2D eigenvalue weighted by molar-refractivity contribution is 7.89. The lowest BCUT2D eigenvalue weighted by molar-refractivity contribution is -0.143. The fourth-order valence-electron chi connectivity index (χ4n) is 3.40. The van der Waals surface area contributed by atoms with Crippen molar-refractivity contribution in [2.75, 3.05) is 6.61 Å². The fourth-order valence-corrected chi connectivity index (χ4v) is 5.12. The lowest BCUT2D eigenvalue weighted by atomic mass is 9.90. The van der Waals surface area contributed by atoms with Gasteiger partial charge >= 0.3 is 5.97 Å². The van der Waals surface area contributed by atoms with Crippen LogP contribution < -0.4 is 10.5 Å². The molecule has 0 aromatic heterocycles. The third kappa shape index (κ3) is 4.01. The van der Waals surface area contributed by atoms with Crippen molar-refractivity contribution in [1.82, 2.24) is 4.31 Å². The van der Waals surface area contributed by atoms with Gasteiger partial charge in [0.15, 0.2) is 0 Å². The molecule has 2 atom stereocenters. The molecule has 1 aliphatic heterocycles. The maximum absolute atomic E-state index is 13.4. The molecule has 156 valence electrons. The molecule has 2 unspecified atom stereocenters. The van der Waals surface area contributed by atoms with Crippen LogP contribution in [0.3, 0.4) is 0 Å². The maximum atomic E-state index is 13.4. The minimum absolute atomic E-state index is 0.0780. The van der Waals surface area contributed by atoms with Crippen LogP contribution in [-0.2, 0) is 26.0 Å². The van der Waals surface area contributed by atoms with Crippen molar-refractivity contribution >= 4 is 21.9 Å². The number of nitrogens with zero attached hydrogens (tertiary/aromatic N) is 1. The summed E-state index contributed by atoms with van der Waals surface area (Å²) in [7, 11) is -4.37. The number of carbonyl (C=O) groups is 2. The normalized spacial score (nSPS) is 18.6. The predicted molar refractivity (Wildman–Crippen MR) is 108 cm³/mol. The smallest absolute Gasteiger partial charge is 0.322 e. The van der Waals surface area contributed by atoms with E-state index in [0.717, 1.165) is 0 Å². The molecule has 30 heavy (non-hydrogen) atoms. The Kier molecular flexibility index (Phi) is 6.10. The molecule has 8 nitrogen and oxygen atoms in total. The van der Waals surface area contributed by atoms with Crippen molar-refractivity contribution in [2.45, 2.75) is 30.3 Å². The Labute approximate surface area is 174 Å². The van der Waals surface area contributed by atoms with Crippen molar-refractivity contribution in [1.29, 1.82) is 0 Å². The van der Waals surface area contributed by atoms with E-state index in [-0.39, 0.29) is 17.9 Å². The van der Waals surface area contributed by atoms with Gasteiger partial charge in [-0.2, -0.15) is 4.31 Å². The second-order valence-corrected chi connectivity index (χ2v) is 8.43. The first kappa shape index (κ1) is 21.4. The van der Waals surface area contributed by atoms with E-state index in [1.165, 1.54) is 24.3 Å². The first-order chi connectivity index (χ1) is 14.3. The SMILES string of the molecule is CC#CCOc1ccc(S(=O)(=O)N2C(C(=O)O)Cc3ccccc3C2C(N)=O)cc1. The average molecular weight is 428 g/mol. The zero-order valence-electron chi connectivity index (χ0n) is 16.1. The molecule has 1 aliphatic rings. The van der Waals surface area contributed by atoms with Crippen molar-refractivity contribution in [3.05, 3.63) is 59.7 Å². The van der Waals surface area contributed by atoms with Crippen molar-refractivity contribution in [3.8, 4) is 17.6 Å². The number of primary amides is 1. The summed E-state index contributed by atoms with van der Waals surface area (Å²) in [6.45, 7) is 1.82. The van der Waals surface area contributed by atoms with E-state index in [1.807, 2.05) is 0 Å². The number of carboxylic acid groups (broad SMARTS) is 1. The number of amides is 1. The molecule has 9 heteroatoms. The summed E-state index contributed by atoms with van der Waals surface area (Å²) in [6, 6.07) is 9.15. The van der Waals surface area contributed by atoms with Gasteiger partial charge in [0.05, 0.1) is 4.90 Å². The van der Waals surface area contributed by atoms with E-state index in [1.54, 1.807) is 31.2 Å². The molecule has 0 bridgehead atoms. The summed E-state index contributed by atoms with van der Waals surface area (Å²) >= 11 is 0. The molecule has 1 amide bonds. The van der Waals surface area contributed by atoms with Gasteiger partial charge in [-0.25, -0.2) is 8.42 Å². The first-order valence-electron chi connectivity index (χ1n) is 9.03. The number of carboxylic acids is 1. The summed E-state index contributed by atoms with van der Waals surface area (Å²) in [6.07, 6.45) is -0.0780. The Morgan fingerprint density at radius 2 is 1.87 bits per heavy atom. The second-order valence-electron chi connectivity index (χ2n) is 6.58. The van der Waals surface area contributed by atoms with Crippen molar-refractivity contribution in [2.24, 2.45) is 5.73 Å². The minimum Gasteiger partial charge on any atom is -0.481 e. The molecule has 0 spiro atoms. The largest absolute Gasteiger partial charge is 0.481 e. The molecule has 2 aromatic rings. The third-order valence-corrected chi connectivity index (χ3v) is 6.65. The third-order valence-electron chi connectivity index (χ3n) is 4.77. The number of fused-ring (bicyclic) bond motifs is 1. The Balaban J connectivity index is 2.06. The quantitative estimate of drug-likeness (QED) is 0.668. The number of ether oxygens (including phenoxy) is 1. The summed E-state index contributed by atoms with van der Waals surface area (Å²) < 4.78 is 32.8. The number of aliphatic carboxylic acids is 1. The van der Waals surface area contributed by atoms with Crippen LogP contribution in [0.2, 0.25) is 0 Å². The number of carbonyl (C=O) groups excluding carboxylic acids is 1. The second kappa shape index (κ2) is 8.57. The average Bonchev–Trinajstić information content (AvgIpc) is 2.72. The highest BCUT2D eigenvalue weighted by Crippen LogP contribution is 2.37. The van der Waals surface area contributed by atoms with Gasteiger partial charge in [-0.05, 0) is 42.3 Å². The van der Waals surface area contributed by atoms with Crippen LogP contribution >= 0.6 is 0 Å². The van der Waals surface area contributed by atoms with Crippen LogP contribution in [0.15, 0.2) is 53.4 Å². The first-order valence-corrected chi connectivity index (χ1v) is 10.5. The highest BCUT2D eigenvalue weighted by Gasteiger charge is 2.47. The lowest BCUT2D eigenvalue weighted by Gasteiger charge is -2.38. The maximum Gasteiger partial charge on any atom is 0.322 e. The molecule has 0 fully saturated rings. The topological polar surface area (TPSA) is 127 Å². The van der Waals surface area contributed by atoms with Crippen LogP contribution in [0.4, 0.5) is 0 Å². The molecule has 0 aliphatic carbocycles. The van der Waals surface area contributed by atoms with E-state index in [9.17, 15) is 23.1 Å². The summed E-state index contributed by atoms with van der Waals surface area (Å²) in [5.74, 6) is 3.49. The summed E-state index contributed by atoms with van der Waals surface area (Å²) in [5.41, 5.74) is 6.48. The molecule has 0 saturated carbocycles. The molecular formula is C21H20N2O6S. The zero-order chi connectivity index (χ0) is 21.9. The van der Waals surface area contributed by atoms with Crippen LogP contribution in [-0.4, -0.2) is 42.4 Å². The molecule has 2 aromatic carbocycles. The Hall–Kier alpha value is -3.35. The van der Waals surface area contributed by atoms with Gasteiger partial charge < -0.3 is 15.6 Å². The number of hydrogen-bond acceptors (Lipinski definition) is 5. The van der Waals surface area contributed by atoms with Gasteiger partial charge in [0.25, 0.3) is 0 Å². The van der Waals surface area contributed by atoms with Crippen molar-refractivity contribution < 1.29 is 27.9 Å². The number of rotatable bonds is 6. The molecule has 1 heterocycles. The standard InChI is InChI=1S/C21H20N2O6S/c1-2-3-12-29-15-8-10-16(11-9-15)30(27,28)23-18(21(25)26)13-14-6-4-5-7-17(14)19(23)20(22)24/h4-11,18-19H,12-13H2,1H3,(H2,22,24)(H,25,26). The van der Waals surface area contributed by atoms with E-state index >= 15 is 0 Å².